The lowest BCUT2D eigenvalue weighted by Crippen LogP contribution is -2.10. The molecule has 7 heteroatoms. The van der Waals surface area contributed by atoms with Crippen molar-refractivity contribution >= 4 is 23.2 Å². The van der Waals surface area contributed by atoms with Crippen LogP contribution in [0.4, 0.5) is 5.69 Å². The average molecular weight is 303 g/mol. The molecule has 0 spiro atoms. The lowest BCUT2D eigenvalue weighted by molar-refractivity contribution is 0.0997. The molecule has 1 N–H and O–H groups in total. The maximum Gasteiger partial charge on any atom is 0.291 e. The summed E-state index contributed by atoms with van der Waals surface area (Å²) >= 11 is 5.64. The van der Waals surface area contributed by atoms with Crippen molar-refractivity contribution in [1.29, 1.82) is 0 Å². The highest BCUT2D eigenvalue weighted by molar-refractivity contribution is 6.29. The summed E-state index contributed by atoms with van der Waals surface area (Å²) in [5, 5.41) is 6.95. The molecule has 6 nitrogen and oxygen atoms in total. The summed E-state index contributed by atoms with van der Waals surface area (Å²) in [6, 6.07) is 10.5. The minimum absolute atomic E-state index is 0.173. The van der Waals surface area contributed by atoms with Crippen molar-refractivity contribution in [2.75, 3.05) is 5.32 Å². The van der Waals surface area contributed by atoms with Gasteiger partial charge in [0.2, 0.25) is 0 Å². The highest BCUT2D eigenvalue weighted by atomic mass is 35.5. The van der Waals surface area contributed by atoms with Gasteiger partial charge < -0.3 is 9.73 Å². The molecule has 2 aromatic heterocycles. The molecule has 0 aliphatic heterocycles. The Bertz CT molecular complexity index is 735. The van der Waals surface area contributed by atoms with Crippen molar-refractivity contribution in [3.05, 3.63) is 65.6 Å². The van der Waals surface area contributed by atoms with Gasteiger partial charge in [-0.1, -0.05) is 12.1 Å². The molecule has 0 aliphatic rings. The summed E-state index contributed by atoms with van der Waals surface area (Å²) in [6.45, 7) is 0.627. The molecule has 21 heavy (non-hydrogen) atoms. The van der Waals surface area contributed by atoms with E-state index in [1.165, 1.54) is 18.5 Å². The molecular formula is C14H11ClN4O2. The second-order valence-electron chi connectivity index (χ2n) is 4.35. The minimum Gasteiger partial charge on any atom is -0.440 e. The Morgan fingerprint density at radius 2 is 2.05 bits per heavy atom. The summed E-state index contributed by atoms with van der Waals surface area (Å²) in [4.78, 5) is 15.8. The normalized spacial score (nSPS) is 10.5. The summed E-state index contributed by atoms with van der Waals surface area (Å²) in [7, 11) is 0. The number of furan rings is 1. The third-order valence-electron chi connectivity index (χ3n) is 2.82. The number of anilines is 1. The second-order valence-corrected chi connectivity index (χ2v) is 4.72. The number of rotatable bonds is 4. The number of hydrogen-bond acceptors (Lipinski definition) is 4. The van der Waals surface area contributed by atoms with Gasteiger partial charge in [0.25, 0.3) is 5.91 Å². The number of aromatic nitrogens is 3. The van der Waals surface area contributed by atoms with E-state index in [0.717, 1.165) is 5.56 Å². The quantitative estimate of drug-likeness (QED) is 0.804. The van der Waals surface area contributed by atoms with Crippen LogP contribution in [0, 0.1) is 0 Å². The number of carbonyl (C=O) groups is 1. The lowest BCUT2D eigenvalue weighted by atomic mass is 10.2. The molecule has 0 unspecified atom stereocenters. The van der Waals surface area contributed by atoms with E-state index in [1.54, 1.807) is 11.0 Å². The summed E-state index contributed by atoms with van der Waals surface area (Å²) in [5.74, 6) is -0.169. The van der Waals surface area contributed by atoms with Crippen LogP contribution in [0.25, 0.3) is 0 Å². The Kier molecular flexibility index (Phi) is 3.70. The van der Waals surface area contributed by atoms with Crippen molar-refractivity contribution in [2.45, 2.75) is 6.54 Å². The first-order valence-electron chi connectivity index (χ1n) is 6.19. The van der Waals surface area contributed by atoms with Gasteiger partial charge in [-0.3, -0.25) is 4.79 Å². The van der Waals surface area contributed by atoms with Crippen LogP contribution in [-0.4, -0.2) is 20.7 Å². The van der Waals surface area contributed by atoms with Crippen LogP contribution in [0.5, 0.6) is 0 Å². The molecule has 3 aromatic rings. The molecule has 0 fully saturated rings. The predicted octanol–water partition coefficient (Wildman–Crippen LogP) is 2.83. The van der Waals surface area contributed by atoms with E-state index in [2.05, 4.69) is 15.4 Å². The first-order chi connectivity index (χ1) is 10.2. The fourth-order valence-electron chi connectivity index (χ4n) is 1.82. The third-order valence-corrected chi connectivity index (χ3v) is 3.02. The van der Waals surface area contributed by atoms with Crippen LogP contribution in [0.3, 0.4) is 0 Å². The molecule has 0 saturated heterocycles. The third kappa shape index (κ3) is 3.29. The van der Waals surface area contributed by atoms with Gasteiger partial charge >= 0.3 is 0 Å². The smallest absolute Gasteiger partial charge is 0.291 e. The van der Waals surface area contributed by atoms with E-state index in [4.69, 9.17) is 16.0 Å². The number of amides is 1. The zero-order valence-corrected chi connectivity index (χ0v) is 11.6. The van der Waals surface area contributed by atoms with Crippen LogP contribution in [-0.2, 0) is 6.54 Å². The Labute approximate surface area is 125 Å². The first kappa shape index (κ1) is 13.4. The van der Waals surface area contributed by atoms with Gasteiger partial charge in [-0.25, -0.2) is 9.67 Å². The van der Waals surface area contributed by atoms with Crippen LogP contribution in [0.1, 0.15) is 16.1 Å². The number of halogens is 1. The Balaban J connectivity index is 1.65. The van der Waals surface area contributed by atoms with Crippen molar-refractivity contribution in [2.24, 2.45) is 0 Å². The van der Waals surface area contributed by atoms with Crippen LogP contribution in [0.15, 0.2) is 53.5 Å². The van der Waals surface area contributed by atoms with E-state index >= 15 is 0 Å². The molecule has 1 aromatic carbocycles. The molecular weight excluding hydrogens is 292 g/mol. The van der Waals surface area contributed by atoms with Gasteiger partial charge in [0, 0.05) is 5.69 Å². The SMILES string of the molecule is O=C(Nc1ccc(Cn2cncn2)cc1)c1ccc(Cl)o1. The zero-order chi connectivity index (χ0) is 14.7. The molecule has 0 radical (unpaired) electrons. The average Bonchev–Trinajstić information content (AvgIpc) is 3.12. The molecule has 0 saturated carbocycles. The lowest BCUT2D eigenvalue weighted by Gasteiger charge is -2.05. The largest absolute Gasteiger partial charge is 0.440 e. The van der Waals surface area contributed by atoms with Gasteiger partial charge in [-0.15, -0.1) is 0 Å². The topological polar surface area (TPSA) is 73.0 Å². The summed E-state index contributed by atoms with van der Waals surface area (Å²) in [5.41, 5.74) is 1.73. The van der Waals surface area contributed by atoms with Crippen molar-refractivity contribution in [3.8, 4) is 0 Å². The molecule has 1 amide bonds. The summed E-state index contributed by atoms with van der Waals surface area (Å²) < 4.78 is 6.77. The van der Waals surface area contributed by atoms with E-state index in [0.29, 0.717) is 12.2 Å². The number of carbonyl (C=O) groups excluding carboxylic acids is 1. The van der Waals surface area contributed by atoms with E-state index in [9.17, 15) is 4.79 Å². The predicted molar refractivity (Wildman–Crippen MR) is 77.2 cm³/mol. The van der Waals surface area contributed by atoms with E-state index in [-0.39, 0.29) is 16.9 Å². The monoisotopic (exact) mass is 302 g/mol. The number of nitrogens with one attached hydrogen (secondary N) is 1. The molecule has 106 valence electrons. The Morgan fingerprint density at radius 1 is 1.24 bits per heavy atom. The van der Waals surface area contributed by atoms with Crippen LogP contribution >= 0.6 is 11.6 Å². The van der Waals surface area contributed by atoms with Crippen molar-refractivity contribution < 1.29 is 9.21 Å². The fourth-order valence-corrected chi connectivity index (χ4v) is 1.97. The standard InChI is InChI=1S/C14H11ClN4O2/c15-13-6-5-12(21-13)14(20)18-11-3-1-10(2-4-11)7-19-9-16-8-17-19/h1-6,8-9H,7H2,(H,18,20). The zero-order valence-electron chi connectivity index (χ0n) is 10.9. The van der Waals surface area contributed by atoms with Gasteiger partial charge in [0.1, 0.15) is 12.7 Å². The summed E-state index contributed by atoms with van der Waals surface area (Å²) in [6.07, 6.45) is 3.14. The maximum absolute atomic E-state index is 11.9. The molecule has 0 aliphatic carbocycles. The first-order valence-corrected chi connectivity index (χ1v) is 6.56. The highest BCUT2D eigenvalue weighted by Crippen LogP contribution is 2.16. The van der Waals surface area contributed by atoms with Gasteiger partial charge in [-0.05, 0) is 41.4 Å². The van der Waals surface area contributed by atoms with Gasteiger partial charge in [-0.2, -0.15) is 5.10 Å². The number of hydrogen-bond donors (Lipinski definition) is 1. The highest BCUT2D eigenvalue weighted by Gasteiger charge is 2.10. The molecule has 3 rings (SSSR count). The Morgan fingerprint density at radius 3 is 2.67 bits per heavy atom. The van der Waals surface area contributed by atoms with Gasteiger partial charge in [0.05, 0.1) is 6.54 Å². The van der Waals surface area contributed by atoms with Crippen LogP contribution < -0.4 is 5.32 Å². The number of nitrogens with zero attached hydrogens (tertiary/aromatic N) is 3. The molecule has 0 bridgehead atoms. The fraction of sp³-hybridized carbons (Fsp3) is 0.0714. The van der Waals surface area contributed by atoms with Crippen molar-refractivity contribution in [3.63, 3.8) is 0 Å². The van der Waals surface area contributed by atoms with Crippen molar-refractivity contribution in [1.82, 2.24) is 14.8 Å². The van der Waals surface area contributed by atoms with Crippen LogP contribution in [0.2, 0.25) is 5.22 Å². The van der Waals surface area contributed by atoms with E-state index < -0.39 is 0 Å². The van der Waals surface area contributed by atoms with E-state index in [1.807, 2.05) is 24.3 Å². The molecule has 2 heterocycles. The molecule has 0 atom stereocenters. The second kappa shape index (κ2) is 5.80. The number of benzene rings is 1. The Hall–Kier alpha value is -2.60. The van der Waals surface area contributed by atoms with Gasteiger partial charge in [0.15, 0.2) is 11.0 Å². The minimum atomic E-state index is -0.342. The maximum atomic E-state index is 11.9.